The first-order valence-corrected chi connectivity index (χ1v) is 14.1. The van der Waals surface area contributed by atoms with Gasteiger partial charge in [-0.2, -0.15) is 5.09 Å². The molecule has 4 rings (SSSR count). The molecular weight excluding hydrogens is 545 g/mol. The zero-order valence-electron chi connectivity index (χ0n) is 22.3. The lowest BCUT2D eigenvalue weighted by Crippen LogP contribution is -2.47. The Hall–Kier alpha value is -3.32. The van der Waals surface area contributed by atoms with Gasteiger partial charge in [0.15, 0.2) is 6.23 Å². The molecule has 40 heavy (non-hydrogen) atoms. The normalized spacial score (nSPS) is 25.0. The summed E-state index contributed by atoms with van der Waals surface area (Å²) in [5, 5.41) is 25.8. The Kier molecular flexibility index (Phi) is 8.64. The van der Waals surface area contributed by atoms with Gasteiger partial charge >= 0.3 is 19.4 Å². The van der Waals surface area contributed by atoms with Gasteiger partial charge in [-0.05, 0) is 39.1 Å². The lowest BCUT2D eigenvalue weighted by molar-refractivity contribution is -0.149. The van der Waals surface area contributed by atoms with Crippen LogP contribution in [-0.4, -0.2) is 62.3 Å². The molecule has 6 atom stereocenters. The molecule has 0 spiro atoms. The number of hydrogen-bond donors (Lipinski definition) is 4. The molecule has 0 amide bonds. The van der Waals surface area contributed by atoms with E-state index in [0.29, 0.717) is 5.39 Å². The first kappa shape index (κ1) is 29.7. The highest BCUT2D eigenvalue weighted by molar-refractivity contribution is 7.52. The van der Waals surface area contributed by atoms with Gasteiger partial charge in [-0.15, -0.1) is 0 Å². The summed E-state index contributed by atoms with van der Waals surface area (Å²) in [6.07, 6.45) is -3.61. The van der Waals surface area contributed by atoms with E-state index in [1.807, 2.05) is 18.2 Å². The topological polar surface area (TPSA) is 178 Å². The number of nitrogens with one attached hydrogen (secondary N) is 2. The fourth-order valence-corrected chi connectivity index (χ4v) is 5.80. The van der Waals surface area contributed by atoms with Crippen LogP contribution in [0.15, 0.2) is 64.3 Å². The second-order valence-electron chi connectivity index (χ2n) is 9.91. The van der Waals surface area contributed by atoms with Crippen molar-refractivity contribution >= 4 is 24.5 Å². The van der Waals surface area contributed by atoms with Crippen molar-refractivity contribution in [2.24, 2.45) is 0 Å². The zero-order chi connectivity index (χ0) is 29.2. The molecule has 13 nitrogen and oxygen atoms in total. The number of ether oxygens (including phenoxy) is 2. The van der Waals surface area contributed by atoms with Crippen LogP contribution in [0, 0.1) is 0 Å². The number of hydrogen-bond acceptors (Lipinski definition) is 10. The van der Waals surface area contributed by atoms with Crippen LogP contribution in [0.25, 0.3) is 10.8 Å². The number of fused-ring (bicyclic) bond motifs is 1. The Morgan fingerprint density at radius 2 is 1.88 bits per heavy atom. The Bertz CT molecular complexity index is 1530. The standard InChI is InChI=1S/C26H32N3O10P/c1-15(2)37-23(32)16(3)28-40(35,39-19-11-7-9-17-8-5-6-10-18(17)19)36-14-20-22(31)26(4,34)24(38-20)29-13-12-21(30)27-25(29)33/h5-13,15-16,20,22,24,31,34H,14H2,1-4H3,(H,28,35)(H,27,30,33). The molecule has 4 N–H and O–H groups in total. The number of rotatable bonds is 10. The predicted octanol–water partition coefficient (Wildman–Crippen LogP) is 1.83. The Morgan fingerprint density at radius 3 is 2.58 bits per heavy atom. The van der Waals surface area contributed by atoms with Crippen LogP contribution in [0.3, 0.4) is 0 Å². The first-order chi connectivity index (χ1) is 18.8. The molecule has 14 heteroatoms. The average Bonchev–Trinajstić information content (AvgIpc) is 3.11. The highest BCUT2D eigenvalue weighted by atomic mass is 31.2. The lowest BCUT2D eigenvalue weighted by Gasteiger charge is -2.27. The van der Waals surface area contributed by atoms with Crippen LogP contribution in [-0.2, 0) is 23.4 Å². The molecule has 6 unspecified atom stereocenters. The van der Waals surface area contributed by atoms with E-state index in [1.54, 1.807) is 38.1 Å². The molecule has 1 aliphatic heterocycles. The second-order valence-corrected chi connectivity index (χ2v) is 11.6. The summed E-state index contributed by atoms with van der Waals surface area (Å²) in [7, 11) is -4.37. The van der Waals surface area contributed by atoms with E-state index in [0.717, 1.165) is 22.2 Å². The quantitative estimate of drug-likeness (QED) is 0.204. The molecule has 0 aliphatic carbocycles. The van der Waals surface area contributed by atoms with Crippen molar-refractivity contribution in [2.45, 2.75) is 63.9 Å². The summed E-state index contributed by atoms with van der Waals surface area (Å²) in [5.74, 6) is -0.492. The van der Waals surface area contributed by atoms with Gasteiger partial charge in [0.05, 0.1) is 12.7 Å². The molecule has 2 aromatic carbocycles. The van der Waals surface area contributed by atoms with Crippen molar-refractivity contribution in [1.29, 1.82) is 0 Å². The molecule has 216 valence electrons. The number of aliphatic hydroxyl groups excluding tert-OH is 1. The van der Waals surface area contributed by atoms with Crippen molar-refractivity contribution < 1.29 is 38.1 Å². The average molecular weight is 578 g/mol. The maximum Gasteiger partial charge on any atom is 0.459 e. The van der Waals surface area contributed by atoms with Gasteiger partial charge in [-0.1, -0.05) is 36.4 Å². The van der Waals surface area contributed by atoms with Crippen LogP contribution in [0.2, 0.25) is 0 Å². The summed E-state index contributed by atoms with van der Waals surface area (Å²) >= 11 is 0. The number of nitrogens with zero attached hydrogens (tertiary/aromatic N) is 1. The molecule has 1 aromatic heterocycles. The van der Waals surface area contributed by atoms with E-state index in [2.05, 4.69) is 10.1 Å². The summed E-state index contributed by atoms with van der Waals surface area (Å²) in [6.45, 7) is 5.43. The lowest BCUT2D eigenvalue weighted by atomic mass is 9.96. The van der Waals surface area contributed by atoms with Gasteiger partial charge in [-0.25, -0.2) is 9.36 Å². The molecular formula is C26H32N3O10P. The fourth-order valence-electron chi connectivity index (χ4n) is 4.28. The zero-order valence-corrected chi connectivity index (χ0v) is 23.2. The smallest absolute Gasteiger partial charge is 0.459 e. The summed E-state index contributed by atoms with van der Waals surface area (Å²) in [5.41, 5.74) is -3.52. The van der Waals surface area contributed by atoms with Crippen LogP contribution in [0.4, 0.5) is 0 Å². The number of aromatic nitrogens is 2. The number of carbonyl (C=O) groups excluding carboxylic acids is 1. The number of esters is 1. The third kappa shape index (κ3) is 6.35. The monoisotopic (exact) mass is 577 g/mol. The molecule has 2 heterocycles. The highest BCUT2D eigenvalue weighted by Gasteiger charge is 2.54. The SMILES string of the molecule is CC(C)OC(=O)C(C)NP(=O)(OCC1OC(n2ccc(=O)[nH]c2=O)C(C)(O)C1O)Oc1cccc2ccccc12. The third-order valence-corrected chi connectivity index (χ3v) is 7.92. The maximum atomic E-state index is 14.0. The molecule has 0 radical (unpaired) electrons. The van der Waals surface area contributed by atoms with Crippen LogP contribution in [0.1, 0.15) is 33.9 Å². The number of carbonyl (C=O) groups is 1. The predicted molar refractivity (Wildman–Crippen MR) is 144 cm³/mol. The Balaban J connectivity index is 1.60. The second kappa shape index (κ2) is 11.7. The molecule has 0 saturated carbocycles. The van der Waals surface area contributed by atoms with Crippen LogP contribution < -0.4 is 20.9 Å². The van der Waals surface area contributed by atoms with Gasteiger partial charge in [0.1, 0.15) is 29.6 Å². The van der Waals surface area contributed by atoms with Gasteiger partial charge in [0.2, 0.25) is 0 Å². The maximum absolute atomic E-state index is 14.0. The third-order valence-electron chi connectivity index (χ3n) is 6.29. The molecule has 0 bridgehead atoms. The minimum Gasteiger partial charge on any atom is -0.462 e. The summed E-state index contributed by atoms with van der Waals surface area (Å²) in [6, 6.07) is 12.3. The van der Waals surface area contributed by atoms with Crippen molar-refractivity contribution in [3.05, 3.63) is 75.6 Å². The minimum atomic E-state index is -4.37. The summed E-state index contributed by atoms with van der Waals surface area (Å²) in [4.78, 5) is 38.3. The van der Waals surface area contributed by atoms with Crippen molar-refractivity contribution in [2.75, 3.05) is 6.61 Å². The summed E-state index contributed by atoms with van der Waals surface area (Å²) < 4.78 is 37.4. The van der Waals surface area contributed by atoms with Crippen molar-refractivity contribution in [1.82, 2.24) is 14.6 Å². The minimum absolute atomic E-state index is 0.205. The van der Waals surface area contributed by atoms with E-state index in [4.69, 9.17) is 18.5 Å². The van der Waals surface area contributed by atoms with E-state index < -0.39 is 67.8 Å². The van der Waals surface area contributed by atoms with Crippen molar-refractivity contribution in [3.8, 4) is 5.75 Å². The Labute approximate surface area is 229 Å². The van der Waals surface area contributed by atoms with Crippen molar-refractivity contribution in [3.63, 3.8) is 0 Å². The highest BCUT2D eigenvalue weighted by Crippen LogP contribution is 2.48. The van der Waals surface area contributed by atoms with Gasteiger partial charge < -0.3 is 24.2 Å². The van der Waals surface area contributed by atoms with Gasteiger partial charge in [-0.3, -0.25) is 23.7 Å². The molecule has 3 aromatic rings. The van der Waals surface area contributed by atoms with Gasteiger partial charge in [0.25, 0.3) is 5.56 Å². The first-order valence-electron chi connectivity index (χ1n) is 12.6. The van der Waals surface area contributed by atoms with Gasteiger partial charge in [0, 0.05) is 17.6 Å². The molecule has 1 fully saturated rings. The Morgan fingerprint density at radius 1 is 1.18 bits per heavy atom. The van der Waals surface area contributed by atoms with E-state index in [-0.39, 0.29) is 5.75 Å². The van der Waals surface area contributed by atoms with Crippen LogP contribution in [0.5, 0.6) is 5.75 Å². The van der Waals surface area contributed by atoms with Crippen LogP contribution >= 0.6 is 7.75 Å². The largest absolute Gasteiger partial charge is 0.462 e. The van der Waals surface area contributed by atoms with E-state index in [1.165, 1.54) is 13.8 Å². The number of aromatic amines is 1. The fraction of sp³-hybridized carbons (Fsp3) is 0.423. The van der Waals surface area contributed by atoms with E-state index in [9.17, 15) is 29.2 Å². The number of aliphatic hydroxyl groups is 2. The number of H-pyrrole nitrogens is 1. The van der Waals surface area contributed by atoms with E-state index >= 15 is 0 Å². The molecule has 1 aliphatic rings. The number of benzene rings is 2. The molecule has 1 saturated heterocycles.